The lowest BCUT2D eigenvalue weighted by molar-refractivity contribution is 0.0681. The molecule has 120 valence electrons. The van der Waals surface area contributed by atoms with Crippen molar-refractivity contribution in [2.75, 3.05) is 26.3 Å². The molecule has 5 heteroatoms. The number of rotatable bonds is 7. The molecular weight excluding hydrogens is 294 g/mol. The van der Waals surface area contributed by atoms with E-state index in [0.717, 1.165) is 0 Å². The number of amides is 1. The van der Waals surface area contributed by atoms with Gasteiger partial charge >= 0.3 is 0 Å². The molecule has 0 bridgehead atoms. The Morgan fingerprint density at radius 2 is 1.30 bits per heavy atom. The number of ketones is 1. The van der Waals surface area contributed by atoms with Crippen LogP contribution < -0.4 is 0 Å². The summed E-state index contributed by atoms with van der Waals surface area (Å²) in [5.74, 6) is -0.615. The Bertz CT molecular complexity index is 664. The van der Waals surface area contributed by atoms with Gasteiger partial charge in [0.15, 0.2) is 5.78 Å². The molecule has 0 aliphatic rings. The van der Waals surface area contributed by atoms with Gasteiger partial charge in [0.05, 0.1) is 18.8 Å². The van der Waals surface area contributed by atoms with Gasteiger partial charge in [-0.3, -0.25) is 9.59 Å². The zero-order valence-electron chi connectivity index (χ0n) is 12.7. The van der Waals surface area contributed by atoms with Crippen LogP contribution in [0, 0.1) is 0 Å². The lowest BCUT2D eigenvalue weighted by atomic mass is 9.97. The molecule has 23 heavy (non-hydrogen) atoms. The Morgan fingerprint density at radius 1 is 0.783 bits per heavy atom. The van der Waals surface area contributed by atoms with Crippen molar-refractivity contribution in [3.05, 3.63) is 71.3 Å². The number of hydrogen-bond acceptors (Lipinski definition) is 4. The van der Waals surface area contributed by atoms with E-state index in [4.69, 9.17) is 10.2 Å². The Kier molecular flexibility index (Phi) is 6.02. The zero-order chi connectivity index (χ0) is 16.7. The Hall–Kier alpha value is -2.50. The first-order valence-electron chi connectivity index (χ1n) is 7.38. The molecule has 2 aromatic rings. The summed E-state index contributed by atoms with van der Waals surface area (Å²) in [5.41, 5.74) is 1.08. The maximum atomic E-state index is 12.6. The van der Waals surface area contributed by atoms with Crippen molar-refractivity contribution in [1.82, 2.24) is 4.90 Å². The SMILES string of the molecule is O=C(c1ccccc1)c1ccccc1C(=O)N(CCO)CCO. The van der Waals surface area contributed by atoms with Crippen LogP contribution in [0.2, 0.25) is 0 Å². The van der Waals surface area contributed by atoms with Crippen LogP contribution in [0.4, 0.5) is 0 Å². The number of carbonyl (C=O) groups is 2. The maximum Gasteiger partial charge on any atom is 0.254 e. The molecule has 0 heterocycles. The standard InChI is InChI=1S/C18H19NO4/c20-12-10-19(11-13-21)18(23)16-9-5-4-8-15(16)17(22)14-6-2-1-3-7-14/h1-9,20-21H,10-13H2. The van der Waals surface area contributed by atoms with Crippen molar-refractivity contribution in [1.29, 1.82) is 0 Å². The number of nitrogens with zero attached hydrogens (tertiary/aromatic N) is 1. The molecule has 0 unspecified atom stereocenters. The van der Waals surface area contributed by atoms with Crippen LogP contribution in [0.1, 0.15) is 26.3 Å². The lowest BCUT2D eigenvalue weighted by Gasteiger charge is -2.21. The highest BCUT2D eigenvalue weighted by atomic mass is 16.3. The van der Waals surface area contributed by atoms with Crippen LogP contribution in [0.25, 0.3) is 0 Å². The second-order valence-electron chi connectivity index (χ2n) is 4.98. The topological polar surface area (TPSA) is 77.8 Å². The molecule has 0 saturated heterocycles. The summed E-state index contributed by atoms with van der Waals surface area (Å²) in [6, 6.07) is 15.3. The fraction of sp³-hybridized carbons (Fsp3) is 0.222. The summed E-state index contributed by atoms with van der Waals surface area (Å²) in [5, 5.41) is 18.1. The molecule has 0 radical (unpaired) electrons. The van der Waals surface area contributed by atoms with Gasteiger partial charge in [0, 0.05) is 24.2 Å². The van der Waals surface area contributed by atoms with E-state index in [0.29, 0.717) is 11.1 Å². The van der Waals surface area contributed by atoms with E-state index in [1.54, 1.807) is 48.5 Å². The average molecular weight is 313 g/mol. The van der Waals surface area contributed by atoms with Crippen molar-refractivity contribution >= 4 is 11.7 Å². The molecule has 0 atom stereocenters. The molecule has 1 amide bonds. The third kappa shape index (κ3) is 4.03. The Morgan fingerprint density at radius 3 is 1.87 bits per heavy atom. The summed E-state index contributed by atoms with van der Waals surface area (Å²) in [7, 11) is 0. The minimum absolute atomic E-state index is 0.104. The lowest BCUT2D eigenvalue weighted by Crippen LogP contribution is -2.36. The van der Waals surface area contributed by atoms with Gasteiger partial charge in [-0.05, 0) is 6.07 Å². The normalized spacial score (nSPS) is 10.3. The minimum atomic E-state index is -0.381. The highest BCUT2D eigenvalue weighted by Gasteiger charge is 2.21. The highest BCUT2D eigenvalue weighted by Crippen LogP contribution is 2.16. The first kappa shape index (κ1) is 16.9. The summed E-state index contributed by atoms with van der Waals surface area (Å²) in [4.78, 5) is 26.6. The van der Waals surface area contributed by atoms with E-state index < -0.39 is 0 Å². The second-order valence-corrected chi connectivity index (χ2v) is 4.98. The predicted octanol–water partition coefficient (Wildman–Crippen LogP) is 1.34. The van der Waals surface area contributed by atoms with Crippen LogP contribution in [-0.4, -0.2) is 53.1 Å². The molecule has 0 aromatic heterocycles. The summed E-state index contributed by atoms with van der Waals surface area (Å²) in [6.07, 6.45) is 0. The van der Waals surface area contributed by atoms with E-state index in [-0.39, 0.29) is 43.6 Å². The van der Waals surface area contributed by atoms with Crippen molar-refractivity contribution in [3.8, 4) is 0 Å². The number of aliphatic hydroxyl groups is 2. The van der Waals surface area contributed by atoms with Gasteiger partial charge < -0.3 is 15.1 Å². The zero-order valence-corrected chi connectivity index (χ0v) is 12.7. The fourth-order valence-corrected chi connectivity index (χ4v) is 2.34. The molecular formula is C18H19NO4. The van der Waals surface area contributed by atoms with Crippen molar-refractivity contribution < 1.29 is 19.8 Å². The molecule has 2 rings (SSSR count). The first-order valence-corrected chi connectivity index (χ1v) is 7.38. The molecule has 5 nitrogen and oxygen atoms in total. The van der Waals surface area contributed by atoms with Gasteiger partial charge in [0.25, 0.3) is 5.91 Å². The number of aliphatic hydroxyl groups excluding tert-OH is 2. The fourth-order valence-electron chi connectivity index (χ4n) is 2.34. The van der Waals surface area contributed by atoms with E-state index >= 15 is 0 Å². The molecule has 0 aliphatic carbocycles. The van der Waals surface area contributed by atoms with Crippen molar-refractivity contribution in [3.63, 3.8) is 0 Å². The molecule has 0 aliphatic heterocycles. The summed E-state index contributed by atoms with van der Waals surface area (Å²) in [6.45, 7) is -0.207. The van der Waals surface area contributed by atoms with Gasteiger partial charge in [-0.15, -0.1) is 0 Å². The molecule has 0 spiro atoms. The van der Waals surface area contributed by atoms with E-state index in [1.165, 1.54) is 4.90 Å². The molecule has 0 saturated carbocycles. The van der Waals surface area contributed by atoms with Crippen LogP contribution in [0.15, 0.2) is 54.6 Å². The van der Waals surface area contributed by atoms with Crippen LogP contribution in [-0.2, 0) is 0 Å². The van der Waals surface area contributed by atoms with Gasteiger partial charge in [-0.1, -0.05) is 48.5 Å². The number of benzene rings is 2. The monoisotopic (exact) mass is 313 g/mol. The number of hydrogen-bond donors (Lipinski definition) is 2. The Balaban J connectivity index is 2.37. The molecule has 0 fully saturated rings. The third-order valence-corrected chi connectivity index (χ3v) is 3.47. The smallest absolute Gasteiger partial charge is 0.254 e. The quantitative estimate of drug-likeness (QED) is 0.756. The largest absolute Gasteiger partial charge is 0.395 e. The van der Waals surface area contributed by atoms with Crippen molar-refractivity contribution in [2.24, 2.45) is 0 Å². The maximum absolute atomic E-state index is 12.6. The van der Waals surface area contributed by atoms with E-state index in [9.17, 15) is 9.59 Å². The van der Waals surface area contributed by atoms with Gasteiger partial charge in [0.1, 0.15) is 0 Å². The molecule has 2 aromatic carbocycles. The highest BCUT2D eigenvalue weighted by molar-refractivity contribution is 6.15. The second kappa shape index (κ2) is 8.22. The van der Waals surface area contributed by atoms with Crippen LogP contribution in [0.5, 0.6) is 0 Å². The predicted molar refractivity (Wildman–Crippen MR) is 86.4 cm³/mol. The van der Waals surface area contributed by atoms with Crippen molar-refractivity contribution in [2.45, 2.75) is 0 Å². The minimum Gasteiger partial charge on any atom is -0.395 e. The summed E-state index contributed by atoms with van der Waals surface area (Å²) < 4.78 is 0. The first-order chi connectivity index (χ1) is 11.2. The average Bonchev–Trinajstić information content (AvgIpc) is 2.61. The van der Waals surface area contributed by atoms with Gasteiger partial charge in [-0.25, -0.2) is 0 Å². The van der Waals surface area contributed by atoms with Crippen LogP contribution in [0.3, 0.4) is 0 Å². The van der Waals surface area contributed by atoms with Gasteiger partial charge in [0.2, 0.25) is 0 Å². The number of carbonyl (C=O) groups excluding carboxylic acids is 2. The third-order valence-electron chi connectivity index (χ3n) is 3.47. The van der Waals surface area contributed by atoms with E-state index in [2.05, 4.69) is 0 Å². The summed E-state index contributed by atoms with van der Waals surface area (Å²) >= 11 is 0. The van der Waals surface area contributed by atoms with Gasteiger partial charge in [-0.2, -0.15) is 0 Å². The van der Waals surface area contributed by atoms with E-state index in [1.807, 2.05) is 6.07 Å². The van der Waals surface area contributed by atoms with Crippen LogP contribution >= 0.6 is 0 Å². The molecule has 2 N–H and O–H groups in total. The Labute approximate surface area is 134 Å².